The van der Waals surface area contributed by atoms with Gasteiger partial charge in [-0.2, -0.15) is 0 Å². The second-order valence-corrected chi connectivity index (χ2v) is 6.39. The van der Waals surface area contributed by atoms with Crippen LogP contribution in [0.1, 0.15) is 46.5 Å². The first-order valence-electron chi connectivity index (χ1n) is 8.28. The summed E-state index contributed by atoms with van der Waals surface area (Å²) in [6.07, 6.45) is 7.88. The van der Waals surface area contributed by atoms with E-state index >= 15 is 0 Å². The average molecular weight is 295 g/mol. The molecule has 0 radical (unpaired) electrons. The van der Waals surface area contributed by atoms with Crippen molar-refractivity contribution in [3.8, 4) is 0 Å². The van der Waals surface area contributed by atoms with Gasteiger partial charge in [-0.15, -0.1) is 0 Å². The number of ether oxygens (including phenoxy) is 2. The molecule has 4 nitrogen and oxygen atoms in total. The monoisotopic (exact) mass is 295 g/mol. The van der Waals surface area contributed by atoms with E-state index in [2.05, 4.69) is 38.2 Å². The zero-order chi connectivity index (χ0) is 15.2. The number of carbonyl (C=O) groups excluding carboxylic acids is 1. The fourth-order valence-corrected chi connectivity index (χ4v) is 3.14. The van der Waals surface area contributed by atoms with Gasteiger partial charge in [0.15, 0.2) is 0 Å². The maximum absolute atomic E-state index is 11.8. The molecule has 1 N–H and O–H groups in total. The van der Waals surface area contributed by atoms with E-state index in [-0.39, 0.29) is 24.2 Å². The predicted molar refractivity (Wildman–Crippen MR) is 83.0 cm³/mol. The van der Waals surface area contributed by atoms with Crippen LogP contribution in [0.15, 0.2) is 12.2 Å². The molecule has 120 valence electrons. The molecule has 2 heterocycles. The van der Waals surface area contributed by atoms with Crippen molar-refractivity contribution in [3.05, 3.63) is 12.2 Å². The van der Waals surface area contributed by atoms with Crippen LogP contribution in [0.5, 0.6) is 0 Å². The van der Waals surface area contributed by atoms with Gasteiger partial charge in [0.1, 0.15) is 6.10 Å². The Balaban J connectivity index is 2.04. The van der Waals surface area contributed by atoms with Crippen molar-refractivity contribution in [1.82, 2.24) is 5.32 Å². The van der Waals surface area contributed by atoms with Crippen molar-refractivity contribution in [2.45, 2.75) is 64.8 Å². The molecular weight excluding hydrogens is 266 g/mol. The minimum Gasteiger partial charge on any atom is -0.375 e. The number of hydrogen-bond acceptors (Lipinski definition) is 3. The lowest BCUT2D eigenvalue weighted by Gasteiger charge is -2.43. The number of fused-ring (bicyclic) bond motifs is 1. The molecule has 1 saturated heterocycles. The lowest BCUT2D eigenvalue weighted by Crippen LogP contribution is -2.53. The molecule has 2 aliphatic rings. The molecular formula is C17H29NO3. The van der Waals surface area contributed by atoms with Gasteiger partial charge in [-0.3, -0.25) is 4.79 Å². The SMILES string of the molecule is C[C@@H]1[C@@H](C)[C@H](C)O[C@@H]2CNC(=O)CC/C=C/CCCO[C@@H]12. The van der Waals surface area contributed by atoms with Crippen LogP contribution in [-0.2, 0) is 14.3 Å². The Hall–Kier alpha value is -0.870. The fraction of sp³-hybridized carbons (Fsp3) is 0.824. The van der Waals surface area contributed by atoms with Gasteiger partial charge in [-0.1, -0.05) is 26.0 Å². The smallest absolute Gasteiger partial charge is 0.220 e. The third-order valence-corrected chi connectivity index (χ3v) is 4.87. The van der Waals surface area contributed by atoms with Crippen molar-refractivity contribution in [2.75, 3.05) is 13.2 Å². The van der Waals surface area contributed by atoms with E-state index in [1.807, 2.05) is 0 Å². The van der Waals surface area contributed by atoms with Gasteiger partial charge in [0, 0.05) is 19.6 Å². The highest BCUT2D eigenvalue weighted by atomic mass is 16.6. The number of amides is 1. The van der Waals surface area contributed by atoms with E-state index in [1.54, 1.807) is 0 Å². The Morgan fingerprint density at radius 2 is 1.90 bits per heavy atom. The summed E-state index contributed by atoms with van der Waals surface area (Å²) in [5.41, 5.74) is 0. The van der Waals surface area contributed by atoms with Crippen LogP contribution in [0.2, 0.25) is 0 Å². The fourth-order valence-electron chi connectivity index (χ4n) is 3.14. The molecule has 4 heteroatoms. The highest BCUT2D eigenvalue weighted by Gasteiger charge is 2.40. The molecule has 5 atom stereocenters. The quantitative estimate of drug-likeness (QED) is 0.699. The van der Waals surface area contributed by atoms with Crippen molar-refractivity contribution >= 4 is 5.91 Å². The maximum Gasteiger partial charge on any atom is 0.220 e. The molecule has 0 spiro atoms. The summed E-state index contributed by atoms with van der Waals surface area (Å²) in [5.74, 6) is 1.01. The number of carbonyl (C=O) groups is 1. The lowest BCUT2D eigenvalue weighted by atomic mass is 9.81. The Morgan fingerprint density at radius 3 is 2.71 bits per heavy atom. The van der Waals surface area contributed by atoms with Crippen LogP contribution in [-0.4, -0.2) is 37.4 Å². The lowest BCUT2D eigenvalue weighted by molar-refractivity contribution is -0.180. The molecule has 0 aromatic carbocycles. The highest BCUT2D eigenvalue weighted by molar-refractivity contribution is 5.76. The van der Waals surface area contributed by atoms with Gasteiger partial charge in [0.05, 0.1) is 12.2 Å². The molecule has 0 aliphatic carbocycles. The summed E-state index contributed by atoms with van der Waals surface area (Å²) in [6.45, 7) is 7.88. The van der Waals surface area contributed by atoms with E-state index in [4.69, 9.17) is 9.47 Å². The molecule has 2 rings (SSSR count). The first-order chi connectivity index (χ1) is 10.1. The molecule has 0 unspecified atom stereocenters. The zero-order valence-corrected chi connectivity index (χ0v) is 13.5. The van der Waals surface area contributed by atoms with Crippen molar-refractivity contribution in [1.29, 1.82) is 0 Å². The van der Waals surface area contributed by atoms with Gasteiger partial charge in [0.25, 0.3) is 0 Å². The normalized spacial score (nSPS) is 40.9. The van der Waals surface area contributed by atoms with E-state index in [9.17, 15) is 4.79 Å². The van der Waals surface area contributed by atoms with Gasteiger partial charge in [0.2, 0.25) is 5.91 Å². The summed E-state index contributed by atoms with van der Waals surface area (Å²) in [4.78, 5) is 11.8. The highest BCUT2D eigenvalue weighted by Crippen LogP contribution is 2.32. The zero-order valence-electron chi connectivity index (χ0n) is 13.5. The Kier molecular flexibility index (Phi) is 6.24. The third kappa shape index (κ3) is 4.55. The van der Waals surface area contributed by atoms with Crippen molar-refractivity contribution < 1.29 is 14.3 Å². The number of hydrogen-bond donors (Lipinski definition) is 1. The van der Waals surface area contributed by atoms with Gasteiger partial charge < -0.3 is 14.8 Å². The summed E-state index contributed by atoms with van der Waals surface area (Å²) in [6, 6.07) is 0. The standard InChI is InChI=1S/C17H29NO3/c1-12-13(2)17-15(21-14(12)3)11-18-16(19)9-7-5-4-6-8-10-20-17/h4-5,12-15,17H,6-11H2,1-3H3,(H,18,19)/b5-4+/t12-,13-,14+,15-,17+/m1/s1. The van der Waals surface area contributed by atoms with Crippen LogP contribution < -0.4 is 5.32 Å². The van der Waals surface area contributed by atoms with E-state index < -0.39 is 0 Å². The number of rotatable bonds is 0. The van der Waals surface area contributed by atoms with E-state index in [0.29, 0.717) is 24.8 Å². The molecule has 1 fully saturated rings. The number of allylic oxidation sites excluding steroid dienone is 2. The Bertz CT molecular complexity index is 369. The van der Waals surface area contributed by atoms with Crippen LogP contribution in [0, 0.1) is 11.8 Å². The van der Waals surface area contributed by atoms with Crippen LogP contribution in [0.4, 0.5) is 0 Å². The second kappa shape index (κ2) is 7.95. The first-order valence-corrected chi connectivity index (χ1v) is 8.28. The molecule has 21 heavy (non-hydrogen) atoms. The summed E-state index contributed by atoms with van der Waals surface area (Å²) in [7, 11) is 0. The van der Waals surface area contributed by atoms with Crippen LogP contribution in [0.25, 0.3) is 0 Å². The van der Waals surface area contributed by atoms with Crippen molar-refractivity contribution in [2.24, 2.45) is 11.8 Å². The Labute approximate surface area is 128 Å². The Morgan fingerprint density at radius 1 is 1.14 bits per heavy atom. The van der Waals surface area contributed by atoms with Gasteiger partial charge in [-0.05, 0) is 38.0 Å². The molecule has 0 aromatic heterocycles. The minimum absolute atomic E-state index is 0.0381. The number of nitrogens with one attached hydrogen (secondary N) is 1. The maximum atomic E-state index is 11.8. The molecule has 0 saturated carbocycles. The molecule has 1 amide bonds. The summed E-state index contributed by atoms with van der Waals surface area (Å²) in [5, 5.41) is 3.00. The van der Waals surface area contributed by atoms with Crippen molar-refractivity contribution in [3.63, 3.8) is 0 Å². The largest absolute Gasteiger partial charge is 0.375 e. The van der Waals surface area contributed by atoms with E-state index in [1.165, 1.54) is 0 Å². The minimum atomic E-state index is -0.0381. The van der Waals surface area contributed by atoms with Gasteiger partial charge in [-0.25, -0.2) is 0 Å². The van der Waals surface area contributed by atoms with Crippen LogP contribution >= 0.6 is 0 Å². The summed E-state index contributed by atoms with van der Waals surface area (Å²) < 4.78 is 12.2. The third-order valence-electron chi connectivity index (χ3n) is 4.87. The molecule has 0 aromatic rings. The van der Waals surface area contributed by atoms with Gasteiger partial charge >= 0.3 is 0 Å². The topological polar surface area (TPSA) is 47.6 Å². The predicted octanol–water partition coefficient (Wildman–Crippen LogP) is 2.68. The first kappa shape index (κ1) is 16.5. The van der Waals surface area contributed by atoms with Crippen LogP contribution in [0.3, 0.4) is 0 Å². The molecule has 0 bridgehead atoms. The summed E-state index contributed by atoms with van der Waals surface area (Å²) >= 11 is 0. The molecule has 2 aliphatic heterocycles. The average Bonchev–Trinajstić information content (AvgIpc) is 2.48. The van der Waals surface area contributed by atoms with E-state index in [0.717, 1.165) is 25.9 Å². The second-order valence-electron chi connectivity index (χ2n) is 6.39.